The lowest BCUT2D eigenvalue weighted by molar-refractivity contribution is 0.104. The quantitative estimate of drug-likeness (QED) is 0.789. The van der Waals surface area contributed by atoms with Crippen molar-refractivity contribution in [3.63, 3.8) is 0 Å². The van der Waals surface area contributed by atoms with Gasteiger partial charge in [-0.3, -0.25) is 4.79 Å². The van der Waals surface area contributed by atoms with Gasteiger partial charge in [-0.25, -0.2) is 0 Å². The van der Waals surface area contributed by atoms with E-state index in [1.807, 2.05) is 30.3 Å². The van der Waals surface area contributed by atoms with Crippen LogP contribution in [0.4, 0.5) is 0 Å². The summed E-state index contributed by atoms with van der Waals surface area (Å²) in [5, 5.41) is 0. The van der Waals surface area contributed by atoms with Crippen LogP contribution in [-0.2, 0) is 18.0 Å². The third-order valence-electron chi connectivity index (χ3n) is 2.78. The SMILES string of the molecule is O=C(c1ccc2c(c1)COC2)c1ccc(Br)s1. The van der Waals surface area contributed by atoms with Crippen LogP contribution in [0.15, 0.2) is 34.1 Å². The third kappa shape index (κ3) is 2.08. The molecule has 0 amide bonds. The van der Waals surface area contributed by atoms with Gasteiger partial charge in [0.2, 0.25) is 5.78 Å². The molecular formula is C13H9BrO2S. The Morgan fingerprint density at radius 3 is 2.76 bits per heavy atom. The van der Waals surface area contributed by atoms with Gasteiger partial charge in [0.15, 0.2) is 0 Å². The predicted molar refractivity (Wildman–Crippen MR) is 70.4 cm³/mol. The predicted octanol–water partition coefficient (Wildman–Crippen LogP) is 3.77. The molecule has 17 heavy (non-hydrogen) atoms. The van der Waals surface area contributed by atoms with Crippen molar-refractivity contribution in [3.05, 3.63) is 55.7 Å². The average Bonchev–Trinajstić information content (AvgIpc) is 2.95. The zero-order chi connectivity index (χ0) is 11.8. The van der Waals surface area contributed by atoms with Crippen molar-refractivity contribution < 1.29 is 9.53 Å². The van der Waals surface area contributed by atoms with Gasteiger partial charge >= 0.3 is 0 Å². The molecule has 0 saturated heterocycles. The van der Waals surface area contributed by atoms with Gasteiger partial charge in [0, 0.05) is 5.56 Å². The van der Waals surface area contributed by atoms with Crippen LogP contribution in [0.3, 0.4) is 0 Å². The van der Waals surface area contributed by atoms with Gasteiger partial charge in [-0.1, -0.05) is 12.1 Å². The van der Waals surface area contributed by atoms with Gasteiger partial charge in [0.1, 0.15) is 0 Å². The maximum Gasteiger partial charge on any atom is 0.202 e. The lowest BCUT2D eigenvalue weighted by Gasteiger charge is -2.01. The van der Waals surface area contributed by atoms with E-state index >= 15 is 0 Å². The fourth-order valence-corrected chi connectivity index (χ4v) is 3.24. The standard InChI is InChI=1S/C13H9BrO2S/c14-12-4-3-11(17-12)13(15)8-1-2-9-6-16-7-10(9)5-8/h1-5H,6-7H2. The second kappa shape index (κ2) is 4.37. The molecule has 1 aliphatic heterocycles. The minimum Gasteiger partial charge on any atom is -0.372 e. The van der Waals surface area contributed by atoms with Crippen molar-refractivity contribution in [2.45, 2.75) is 13.2 Å². The van der Waals surface area contributed by atoms with Crippen LogP contribution in [0.2, 0.25) is 0 Å². The highest BCUT2D eigenvalue weighted by Crippen LogP contribution is 2.26. The van der Waals surface area contributed by atoms with Crippen LogP contribution in [0.25, 0.3) is 0 Å². The van der Waals surface area contributed by atoms with E-state index in [0.717, 1.165) is 19.8 Å². The number of rotatable bonds is 2. The maximum atomic E-state index is 12.2. The Kier molecular flexibility index (Phi) is 2.86. The molecule has 1 aromatic heterocycles. The van der Waals surface area contributed by atoms with Crippen molar-refractivity contribution >= 4 is 33.0 Å². The average molecular weight is 309 g/mol. The molecule has 0 aliphatic carbocycles. The second-order valence-corrected chi connectivity index (χ2v) is 6.37. The molecule has 0 saturated carbocycles. The van der Waals surface area contributed by atoms with Crippen molar-refractivity contribution in [3.8, 4) is 0 Å². The van der Waals surface area contributed by atoms with E-state index in [-0.39, 0.29) is 5.78 Å². The summed E-state index contributed by atoms with van der Waals surface area (Å²) in [6, 6.07) is 9.55. The lowest BCUT2D eigenvalue weighted by atomic mass is 10.0. The Labute approximate surface area is 111 Å². The Morgan fingerprint density at radius 1 is 1.18 bits per heavy atom. The number of carbonyl (C=O) groups excluding carboxylic acids is 1. The van der Waals surface area contributed by atoms with Crippen LogP contribution >= 0.6 is 27.3 Å². The molecule has 0 unspecified atom stereocenters. The van der Waals surface area contributed by atoms with Crippen LogP contribution in [-0.4, -0.2) is 5.78 Å². The first kappa shape index (κ1) is 11.1. The fraction of sp³-hybridized carbons (Fsp3) is 0.154. The maximum absolute atomic E-state index is 12.2. The highest BCUT2D eigenvalue weighted by Gasteiger charge is 2.16. The molecule has 0 bridgehead atoms. The first-order valence-corrected chi connectivity index (χ1v) is 6.84. The summed E-state index contributed by atoms with van der Waals surface area (Å²) in [5.74, 6) is 0.0791. The molecule has 0 spiro atoms. The number of ether oxygens (including phenoxy) is 1. The van der Waals surface area contributed by atoms with E-state index < -0.39 is 0 Å². The second-order valence-electron chi connectivity index (χ2n) is 3.91. The van der Waals surface area contributed by atoms with Gasteiger partial charge in [-0.2, -0.15) is 0 Å². The van der Waals surface area contributed by atoms with Crippen molar-refractivity contribution in [1.29, 1.82) is 0 Å². The molecule has 2 nitrogen and oxygen atoms in total. The minimum absolute atomic E-state index is 0.0791. The Hall–Kier alpha value is -0.970. The monoisotopic (exact) mass is 308 g/mol. The lowest BCUT2D eigenvalue weighted by Crippen LogP contribution is -1.99. The number of carbonyl (C=O) groups is 1. The van der Waals surface area contributed by atoms with Crippen molar-refractivity contribution in [2.75, 3.05) is 0 Å². The van der Waals surface area contributed by atoms with E-state index in [4.69, 9.17) is 4.74 Å². The van der Waals surface area contributed by atoms with E-state index in [1.165, 1.54) is 16.9 Å². The molecule has 2 aromatic rings. The Bertz CT molecular complexity index is 589. The topological polar surface area (TPSA) is 26.3 Å². The third-order valence-corrected chi connectivity index (χ3v) is 4.40. The first-order chi connectivity index (χ1) is 8.24. The van der Waals surface area contributed by atoms with Crippen LogP contribution < -0.4 is 0 Å². The smallest absolute Gasteiger partial charge is 0.202 e. The zero-order valence-corrected chi connectivity index (χ0v) is 11.3. The van der Waals surface area contributed by atoms with E-state index in [9.17, 15) is 4.79 Å². The Balaban J connectivity index is 1.97. The molecule has 0 fully saturated rings. The zero-order valence-electron chi connectivity index (χ0n) is 8.90. The summed E-state index contributed by atoms with van der Waals surface area (Å²) < 4.78 is 6.32. The molecule has 1 aliphatic rings. The molecule has 0 radical (unpaired) electrons. The van der Waals surface area contributed by atoms with Gasteiger partial charge in [0.25, 0.3) is 0 Å². The van der Waals surface area contributed by atoms with Gasteiger partial charge in [-0.15, -0.1) is 11.3 Å². The number of halogens is 1. The van der Waals surface area contributed by atoms with E-state index in [0.29, 0.717) is 13.2 Å². The molecule has 0 atom stereocenters. The molecule has 1 aromatic carbocycles. The highest BCUT2D eigenvalue weighted by molar-refractivity contribution is 9.11. The number of fused-ring (bicyclic) bond motifs is 1. The van der Waals surface area contributed by atoms with Crippen molar-refractivity contribution in [1.82, 2.24) is 0 Å². The summed E-state index contributed by atoms with van der Waals surface area (Å²) in [6.45, 7) is 1.28. The summed E-state index contributed by atoms with van der Waals surface area (Å²) in [4.78, 5) is 13.0. The van der Waals surface area contributed by atoms with E-state index in [2.05, 4.69) is 15.9 Å². The van der Waals surface area contributed by atoms with E-state index in [1.54, 1.807) is 0 Å². The number of hydrogen-bond donors (Lipinski definition) is 0. The summed E-state index contributed by atoms with van der Waals surface area (Å²) in [5.41, 5.74) is 3.06. The molecule has 0 N–H and O–H groups in total. The molecule has 2 heterocycles. The normalized spacial score (nSPS) is 13.7. The summed E-state index contributed by atoms with van der Waals surface area (Å²) in [6.07, 6.45) is 0. The van der Waals surface area contributed by atoms with Crippen LogP contribution in [0.5, 0.6) is 0 Å². The number of benzene rings is 1. The molecule has 3 rings (SSSR count). The number of hydrogen-bond acceptors (Lipinski definition) is 3. The number of thiophene rings is 1. The van der Waals surface area contributed by atoms with Gasteiger partial charge < -0.3 is 4.74 Å². The van der Waals surface area contributed by atoms with Crippen LogP contribution in [0, 0.1) is 0 Å². The van der Waals surface area contributed by atoms with Gasteiger partial charge in [0.05, 0.1) is 21.9 Å². The molecule has 86 valence electrons. The van der Waals surface area contributed by atoms with Gasteiger partial charge in [-0.05, 0) is 45.3 Å². The highest BCUT2D eigenvalue weighted by atomic mass is 79.9. The largest absolute Gasteiger partial charge is 0.372 e. The molecular weight excluding hydrogens is 300 g/mol. The van der Waals surface area contributed by atoms with Crippen LogP contribution in [0.1, 0.15) is 26.4 Å². The summed E-state index contributed by atoms with van der Waals surface area (Å²) >= 11 is 4.83. The first-order valence-electron chi connectivity index (χ1n) is 5.23. The number of ketones is 1. The fourth-order valence-electron chi connectivity index (χ4n) is 1.89. The minimum atomic E-state index is 0.0791. The summed E-state index contributed by atoms with van der Waals surface area (Å²) in [7, 11) is 0. The van der Waals surface area contributed by atoms with Crippen molar-refractivity contribution in [2.24, 2.45) is 0 Å². The molecule has 4 heteroatoms. The Morgan fingerprint density at radius 2 is 2.00 bits per heavy atom.